The van der Waals surface area contributed by atoms with Gasteiger partial charge in [-0.2, -0.15) is 5.10 Å². The maximum Gasteiger partial charge on any atom is 0.259 e. The van der Waals surface area contributed by atoms with Crippen molar-refractivity contribution in [2.24, 2.45) is 0 Å². The summed E-state index contributed by atoms with van der Waals surface area (Å²) in [4.78, 5) is 26.9. The predicted molar refractivity (Wildman–Crippen MR) is 124 cm³/mol. The van der Waals surface area contributed by atoms with Crippen LogP contribution in [0.5, 0.6) is 0 Å². The lowest BCUT2D eigenvalue weighted by atomic mass is 10.1. The number of halogens is 1. The van der Waals surface area contributed by atoms with Crippen LogP contribution >= 0.6 is 11.6 Å². The Morgan fingerprint density at radius 1 is 1.03 bits per heavy atom. The summed E-state index contributed by atoms with van der Waals surface area (Å²) in [5, 5.41) is 7.61. The third-order valence-electron chi connectivity index (χ3n) is 5.21. The van der Waals surface area contributed by atoms with Crippen molar-refractivity contribution in [3.8, 4) is 0 Å². The fraction of sp³-hybridized carbons (Fsp3) is 0.292. The van der Waals surface area contributed by atoms with Gasteiger partial charge in [0.1, 0.15) is 5.15 Å². The van der Waals surface area contributed by atoms with E-state index in [1.807, 2.05) is 63.2 Å². The average molecular weight is 439 g/mol. The van der Waals surface area contributed by atoms with Crippen molar-refractivity contribution in [2.45, 2.75) is 34.2 Å². The second-order valence-electron chi connectivity index (χ2n) is 7.87. The number of likely N-dealkylation sites (N-methyl/N-ethyl adjacent to an activating group) is 1. The van der Waals surface area contributed by atoms with Crippen LogP contribution in [-0.2, 0) is 11.3 Å². The zero-order valence-corrected chi connectivity index (χ0v) is 19.2. The van der Waals surface area contributed by atoms with E-state index in [0.717, 1.165) is 22.4 Å². The van der Waals surface area contributed by atoms with E-state index in [0.29, 0.717) is 17.8 Å². The number of hydrogen-bond donors (Lipinski definition) is 1. The fourth-order valence-electron chi connectivity index (χ4n) is 3.44. The highest BCUT2D eigenvalue weighted by molar-refractivity contribution is 6.33. The summed E-state index contributed by atoms with van der Waals surface area (Å²) >= 11 is 6.51. The first-order valence-corrected chi connectivity index (χ1v) is 10.4. The first-order valence-electron chi connectivity index (χ1n) is 10.1. The van der Waals surface area contributed by atoms with Crippen molar-refractivity contribution >= 4 is 29.1 Å². The summed E-state index contributed by atoms with van der Waals surface area (Å²) in [5.74, 6) is -0.608. The SMILES string of the molecule is Cc1ccc(Cn2nc(C)c(C(=O)N(C)CC(=O)Nc3c(C)cccc3C)c2Cl)cc1. The topological polar surface area (TPSA) is 67.2 Å². The van der Waals surface area contributed by atoms with Gasteiger partial charge in [0.05, 0.1) is 24.3 Å². The molecule has 0 fully saturated rings. The van der Waals surface area contributed by atoms with Crippen LogP contribution in [0.25, 0.3) is 0 Å². The van der Waals surface area contributed by atoms with Crippen LogP contribution < -0.4 is 5.32 Å². The molecule has 0 unspecified atom stereocenters. The van der Waals surface area contributed by atoms with Crippen LogP contribution in [0, 0.1) is 27.7 Å². The Labute approximate surface area is 187 Å². The number of benzene rings is 2. The van der Waals surface area contributed by atoms with Gasteiger partial charge in [-0.15, -0.1) is 0 Å². The maximum atomic E-state index is 13.0. The molecular weight excluding hydrogens is 412 g/mol. The summed E-state index contributed by atoms with van der Waals surface area (Å²) in [6, 6.07) is 13.9. The van der Waals surface area contributed by atoms with E-state index >= 15 is 0 Å². The van der Waals surface area contributed by atoms with Crippen LogP contribution in [-0.4, -0.2) is 40.1 Å². The Kier molecular flexibility index (Phi) is 6.81. The number of aromatic nitrogens is 2. The van der Waals surface area contributed by atoms with E-state index in [1.165, 1.54) is 10.5 Å². The highest BCUT2D eigenvalue weighted by Crippen LogP contribution is 2.23. The number of anilines is 1. The largest absolute Gasteiger partial charge is 0.332 e. The van der Waals surface area contributed by atoms with Crippen LogP contribution in [0.4, 0.5) is 5.69 Å². The van der Waals surface area contributed by atoms with Gasteiger partial charge in [0.25, 0.3) is 5.91 Å². The van der Waals surface area contributed by atoms with Crippen LogP contribution in [0.1, 0.15) is 38.3 Å². The molecule has 1 heterocycles. The van der Waals surface area contributed by atoms with Crippen molar-refractivity contribution in [3.63, 3.8) is 0 Å². The third kappa shape index (κ3) is 5.14. The number of carbonyl (C=O) groups excluding carboxylic acids is 2. The molecule has 31 heavy (non-hydrogen) atoms. The molecule has 3 aromatic rings. The summed E-state index contributed by atoms with van der Waals surface area (Å²) in [6.45, 7) is 8.01. The van der Waals surface area contributed by atoms with Gasteiger partial charge in [-0.3, -0.25) is 9.59 Å². The summed E-state index contributed by atoms with van der Waals surface area (Å²) in [7, 11) is 1.58. The van der Waals surface area contributed by atoms with E-state index in [4.69, 9.17) is 11.6 Å². The summed E-state index contributed by atoms with van der Waals surface area (Å²) in [5.41, 5.74) is 5.77. The summed E-state index contributed by atoms with van der Waals surface area (Å²) in [6.07, 6.45) is 0. The van der Waals surface area contributed by atoms with Crippen molar-refractivity contribution in [1.29, 1.82) is 0 Å². The van der Waals surface area contributed by atoms with E-state index < -0.39 is 0 Å². The Hall–Kier alpha value is -3.12. The number of amides is 2. The predicted octanol–water partition coefficient (Wildman–Crippen LogP) is 4.53. The minimum absolute atomic E-state index is 0.0917. The molecule has 0 aliphatic heterocycles. The van der Waals surface area contributed by atoms with Gasteiger partial charge >= 0.3 is 0 Å². The van der Waals surface area contributed by atoms with Gasteiger partial charge in [-0.05, 0) is 44.4 Å². The lowest BCUT2D eigenvalue weighted by molar-refractivity contribution is -0.116. The van der Waals surface area contributed by atoms with Gasteiger partial charge in [-0.25, -0.2) is 4.68 Å². The first kappa shape index (κ1) is 22.6. The molecule has 6 nitrogen and oxygen atoms in total. The van der Waals surface area contributed by atoms with Gasteiger partial charge < -0.3 is 10.2 Å². The van der Waals surface area contributed by atoms with Crippen LogP contribution in [0.15, 0.2) is 42.5 Å². The molecule has 0 bridgehead atoms. The van der Waals surface area contributed by atoms with Gasteiger partial charge in [0.15, 0.2) is 0 Å². The Morgan fingerprint density at radius 2 is 1.65 bits per heavy atom. The number of rotatable bonds is 6. The number of nitrogens with one attached hydrogen (secondary N) is 1. The lowest BCUT2D eigenvalue weighted by Gasteiger charge is -2.18. The Bertz CT molecular complexity index is 1100. The molecule has 0 saturated carbocycles. The van der Waals surface area contributed by atoms with Crippen molar-refractivity contribution < 1.29 is 9.59 Å². The first-order chi connectivity index (χ1) is 14.7. The molecule has 7 heteroatoms. The molecule has 2 aromatic carbocycles. The second-order valence-corrected chi connectivity index (χ2v) is 8.23. The van der Waals surface area contributed by atoms with Crippen LogP contribution in [0.3, 0.4) is 0 Å². The normalized spacial score (nSPS) is 10.8. The third-order valence-corrected chi connectivity index (χ3v) is 5.59. The molecule has 3 rings (SSSR count). The summed E-state index contributed by atoms with van der Waals surface area (Å²) < 4.78 is 1.61. The van der Waals surface area contributed by atoms with E-state index in [2.05, 4.69) is 10.4 Å². The van der Waals surface area contributed by atoms with E-state index in [-0.39, 0.29) is 23.5 Å². The van der Waals surface area contributed by atoms with Gasteiger partial charge in [0, 0.05) is 12.7 Å². The molecule has 0 atom stereocenters. The lowest BCUT2D eigenvalue weighted by Crippen LogP contribution is -2.35. The standard InChI is InChI=1S/C24H27ClN4O2/c1-15-9-11-19(12-10-15)13-29-23(25)21(18(4)27-29)24(31)28(5)14-20(30)26-22-16(2)7-6-8-17(22)3/h6-12H,13-14H2,1-5H3,(H,26,30). The van der Waals surface area contributed by atoms with Gasteiger partial charge in [0.2, 0.25) is 5.91 Å². The number of nitrogens with zero attached hydrogens (tertiary/aromatic N) is 3. The smallest absolute Gasteiger partial charge is 0.259 e. The number of carbonyl (C=O) groups is 2. The molecule has 2 amide bonds. The molecule has 0 aliphatic carbocycles. The molecule has 0 aliphatic rings. The molecule has 1 N–H and O–H groups in total. The highest BCUT2D eigenvalue weighted by atomic mass is 35.5. The zero-order chi connectivity index (χ0) is 22.7. The molecule has 0 radical (unpaired) electrons. The van der Waals surface area contributed by atoms with Crippen molar-refractivity contribution in [3.05, 3.63) is 81.1 Å². The molecule has 0 saturated heterocycles. The Balaban J connectivity index is 1.72. The highest BCUT2D eigenvalue weighted by Gasteiger charge is 2.24. The monoisotopic (exact) mass is 438 g/mol. The molecular formula is C24H27ClN4O2. The number of para-hydroxylation sites is 1. The maximum absolute atomic E-state index is 13.0. The number of aryl methyl sites for hydroxylation is 4. The molecule has 1 aromatic heterocycles. The zero-order valence-electron chi connectivity index (χ0n) is 18.5. The minimum Gasteiger partial charge on any atom is -0.332 e. The van der Waals surface area contributed by atoms with Crippen molar-refractivity contribution in [1.82, 2.24) is 14.7 Å². The molecule has 162 valence electrons. The van der Waals surface area contributed by atoms with Gasteiger partial charge in [-0.1, -0.05) is 59.6 Å². The van der Waals surface area contributed by atoms with E-state index in [9.17, 15) is 9.59 Å². The minimum atomic E-state index is -0.339. The van der Waals surface area contributed by atoms with E-state index in [1.54, 1.807) is 18.7 Å². The Morgan fingerprint density at radius 3 is 2.26 bits per heavy atom. The average Bonchev–Trinajstić information content (AvgIpc) is 2.99. The quantitative estimate of drug-likeness (QED) is 0.614. The second kappa shape index (κ2) is 9.35. The number of hydrogen-bond acceptors (Lipinski definition) is 3. The van der Waals surface area contributed by atoms with Crippen molar-refractivity contribution in [2.75, 3.05) is 18.9 Å². The fourth-order valence-corrected chi connectivity index (χ4v) is 3.75. The molecule has 0 spiro atoms. The van der Waals surface area contributed by atoms with Crippen LogP contribution in [0.2, 0.25) is 5.15 Å².